The molecule has 0 atom stereocenters. The van der Waals surface area contributed by atoms with Crippen molar-refractivity contribution >= 4 is 33.3 Å². The first-order valence-electron chi connectivity index (χ1n) is 9.69. The predicted molar refractivity (Wildman–Crippen MR) is 120 cm³/mol. The maximum Gasteiger partial charge on any atom is 0.340 e. The number of ether oxygens (including phenoxy) is 2. The Morgan fingerprint density at radius 1 is 0.970 bits per heavy atom. The molecular weight excluding hydrogens is 451 g/mol. The minimum atomic E-state index is -4.11. The normalized spacial score (nSPS) is 10.9. The first-order chi connectivity index (χ1) is 15.7. The van der Waals surface area contributed by atoms with Gasteiger partial charge in [-0.05, 0) is 55.0 Å². The number of para-hydroxylation sites is 3. The Morgan fingerprint density at radius 3 is 2.33 bits per heavy atom. The largest absolute Gasteiger partial charge is 0.495 e. The van der Waals surface area contributed by atoms with Crippen molar-refractivity contribution in [3.8, 4) is 5.75 Å². The lowest BCUT2D eigenvalue weighted by molar-refractivity contribution is -0.119. The van der Waals surface area contributed by atoms with Crippen LogP contribution in [-0.4, -0.2) is 34.0 Å². The van der Waals surface area contributed by atoms with E-state index >= 15 is 0 Å². The predicted octanol–water partition coefficient (Wildman–Crippen LogP) is 3.74. The minimum absolute atomic E-state index is 0.0467. The van der Waals surface area contributed by atoms with E-state index in [2.05, 4.69) is 10.0 Å². The zero-order valence-electron chi connectivity index (χ0n) is 17.8. The molecule has 0 saturated carbocycles. The van der Waals surface area contributed by atoms with Crippen molar-refractivity contribution in [2.24, 2.45) is 0 Å². The molecule has 0 unspecified atom stereocenters. The second kappa shape index (κ2) is 10.1. The van der Waals surface area contributed by atoms with E-state index in [1.807, 2.05) is 0 Å². The van der Waals surface area contributed by atoms with E-state index in [9.17, 15) is 22.4 Å². The van der Waals surface area contributed by atoms with Gasteiger partial charge in [0.15, 0.2) is 6.61 Å². The Balaban J connectivity index is 1.71. The molecule has 2 N–H and O–H groups in total. The van der Waals surface area contributed by atoms with Gasteiger partial charge in [0.05, 0.1) is 28.9 Å². The van der Waals surface area contributed by atoms with Crippen molar-refractivity contribution in [3.63, 3.8) is 0 Å². The van der Waals surface area contributed by atoms with Crippen LogP contribution in [0.25, 0.3) is 0 Å². The second-order valence-corrected chi connectivity index (χ2v) is 8.57. The highest BCUT2D eigenvalue weighted by atomic mass is 32.2. The summed E-state index contributed by atoms with van der Waals surface area (Å²) in [4.78, 5) is 24.6. The van der Waals surface area contributed by atoms with Crippen LogP contribution < -0.4 is 14.8 Å². The summed E-state index contributed by atoms with van der Waals surface area (Å²) in [5.74, 6) is -1.61. The number of sulfonamides is 1. The number of anilines is 2. The summed E-state index contributed by atoms with van der Waals surface area (Å²) in [6, 6.07) is 15.8. The Bertz CT molecular complexity index is 1290. The van der Waals surface area contributed by atoms with E-state index < -0.39 is 34.3 Å². The summed E-state index contributed by atoms with van der Waals surface area (Å²) in [5.41, 5.74) is 0.426. The van der Waals surface area contributed by atoms with E-state index in [0.29, 0.717) is 11.4 Å². The summed E-state index contributed by atoms with van der Waals surface area (Å²) in [6.45, 7) is 0.838. The molecule has 0 saturated heterocycles. The molecule has 0 radical (unpaired) electrons. The number of carbonyl (C=O) groups is 2. The Labute approximate surface area is 190 Å². The molecule has 0 heterocycles. The lowest BCUT2D eigenvalue weighted by Crippen LogP contribution is -2.22. The highest BCUT2D eigenvalue weighted by Crippen LogP contribution is 2.24. The second-order valence-electron chi connectivity index (χ2n) is 6.89. The van der Waals surface area contributed by atoms with Crippen LogP contribution in [0.4, 0.5) is 15.8 Å². The maximum absolute atomic E-state index is 13.5. The van der Waals surface area contributed by atoms with Gasteiger partial charge in [-0.3, -0.25) is 9.52 Å². The molecule has 10 heteroatoms. The van der Waals surface area contributed by atoms with Crippen LogP contribution in [0, 0.1) is 12.7 Å². The average molecular weight is 472 g/mol. The Hall–Kier alpha value is -3.92. The molecule has 33 heavy (non-hydrogen) atoms. The molecule has 3 rings (SSSR count). The van der Waals surface area contributed by atoms with Crippen LogP contribution in [0.1, 0.15) is 15.9 Å². The van der Waals surface area contributed by atoms with Crippen molar-refractivity contribution in [3.05, 3.63) is 83.7 Å². The smallest absolute Gasteiger partial charge is 0.340 e. The van der Waals surface area contributed by atoms with Crippen LogP contribution >= 0.6 is 0 Å². The fraction of sp³-hybridized carbons (Fsp3) is 0.130. The molecule has 0 spiro atoms. The quantitative estimate of drug-likeness (QED) is 0.483. The van der Waals surface area contributed by atoms with Crippen molar-refractivity contribution in [1.29, 1.82) is 0 Å². The van der Waals surface area contributed by atoms with Gasteiger partial charge in [0.25, 0.3) is 15.9 Å². The topological polar surface area (TPSA) is 111 Å². The van der Waals surface area contributed by atoms with Gasteiger partial charge in [-0.1, -0.05) is 24.3 Å². The molecule has 0 bridgehead atoms. The van der Waals surface area contributed by atoms with Gasteiger partial charge >= 0.3 is 5.97 Å². The summed E-state index contributed by atoms with van der Waals surface area (Å²) >= 11 is 0. The van der Waals surface area contributed by atoms with Crippen molar-refractivity contribution in [1.82, 2.24) is 0 Å². The van der Waals surface area contributed by atoms with E-state index in [-0.39, 0.29) is 21.7 Å². The molecule has 0 aliphatic carbocycles. The average Bonchev–Trinajstić information content (AvgIpc) is 2.79. The molecule has 0 aliphatic heterocycles. The van der Waals surface area contributed by atoms with Gasteiger partial charge in [0, 0.05) is 0 Å². The minimum Gasteiger partial charge on any atom is -0.495 e. The number of methoxy groups -OCH3 is 1. The standard InChI is InChI=1S/C23H21FN2O6S/c1-15-13-16(11-12-18(15)24)33(29,30)26-19-8-4-3-7-17(19)23(28)32-14-22(27)25-20-9-5-6-10-21(20)31-2/h3-13,26H,14H2,1-2H3,(H,25,27). The number of nitrogens with one attached hydrogen (secondary N) is 2. The fourth-order valence-electron chi connectivity index (χ4n) is 2.88. The first-order valence-corrected chi connectivity index (χ1v) is 11.2. The summed E-state index contributed by atoms with van der Waals surface area (Å²) in [7, 11) is -2.65. The number of hydrogen-bond donors (Lipinski definition) is 2. The Morgan fingerprint density at radius 2 is 1.64 bits per heavy atom. The number of amides is 1. The summed E-state index contributed by atoms with van der Waals surface area (Å²) in [6.07, 6.45) is 0. The zero-order valence-corrected chi connectivity index (χ0v) is 18.6. The number of rotatable bonds is 8. The molecule has 1 amide bonds. The van der Waals surface area contributed by atoms with Gasteiger partial charge in [-0.15, -0.1) is 0 Å². The SMILES string of the molecule is COc1ccccc1NC(=O)COC(=O)c1ccccc1NS(=O)(=O)c1ccc(F)c(C)c1. The van der Waals surface area contributed by atoms with Gasteiger partial charge in [-0.2, -0.15) is 0 Å². The van der Waals surface area contributed by atoms with Crippen LogP contribution in [-0.2, 0) is 19.6 Å². The third-order valence-corrected chi connectivity index (χ3v) is 5.91. The van der Waals surface area contributed by atoms with Crippen LogP contribution in [0.3, 0.4) is 0 Å². The van der Waals surface area contributed by atoms with Gasteiger partial charge < -0.3 is 14.8 Å². The van der Waals surface area contributed by atoms with E-state index in [4.69, 9.17) is 9.47 Å². The number of carbonyl (C=O) groups excluding carboxylic acids is 2. The monoisotopic (exact) mass is 472 g/mol. The number of hydrogen-bond acceptors (Lipinski definition) is 6. The first kappa shape index (κ1) is 23.7. The van der Waals surface area contributed by atoms with Crippen molar-refractivity contribution in [2.45, 2.75) is 11.8 Å². The molecule has 0 aromatic heterocycles. The number of benzene rings is 3. The van der Waals surface area contributed by atoms with E-state index in [1.165, 1.54) is 44.4 Å². The maximum atomic E-state index is 13.5. The van der Waals surface area contributed by atoms with Gasteiger partial charge in [0.1, 0.15) is 11.6 Å². The van der Waals surface area contributed by atoms with Crippen LogP contribution in [0.5, 0.6) is 5.75 Å². The molecule has 172 valence electrons. The number of esters is 1. The molecule has 3 aromatic carbocycles. The van der Waals surface area contributed by atoms with Crippen LogP contribution in [0.15, 0.2) is 71.6 Å². The van der Waals surface area contributed by atoms with Crippen molar-refractivity contribution < 1.29 is 31.9 Å². The van der Waals surface area contributed by atoms with E-state index in [1.54, 1.807) is 24.3 Å². The molecule has 8 nitrogen and oxygen atoms in total. The van der Waals surface area contributed by atoms with Crippen LogP contribution in [0.2, 0.25) is 0 Å². The lowest BCUT2D eigenvalue weighted by Gasteiger charge is -2.13. The third kappa shape index (κ3) is 5.86. The lowest BCUT2D eigenvalue weighted by atomic mass is 10.2. The third-order valence-electron chi connectivity index (χ3n) is 4.55. The molecular formula is C23H21FN2O6S. The summed E-state index contributed by atoms with van der Waals surface area (Å²) in [5, 5.41) is 2.57. The fourth-order valence-corrected chi connectivity index (χ4v) is 4.05. The van der Waals surface area contributed by atoms with Gasteiger partial charge in [-0.25, -0.2) is 17.6 Å². The van der Waals surface area contributed by atoms with Gasteiger partial charge in [0.2, 0.25) is 0 Å². The number of halogens is 1. The number of aryl methyl sites for hydroxylation is 1. The molecule has 0 aliphatic rings. The van der Waals surface area contributed by atoms with Crippen molar-refractivity contribution in [2.75, 3.05) is 23.8 Å². The summed E-state index contributed by atoms with van der Waals surface area (Å²) < 4.78 is 51.4. The highest BCUT2D eigenvalue weighted by molar-refractivity contribution is 7.92. The highest BCUT2D eigenvalue weighted by Gasteiger charge is 2.21. The molecule has 3 aromatic rings. The zero-order chi connectivity index (χ0) is 24.0. The molecule has 0 fully saturated rings. The van der Waals surface area contributed by atoms with E-state index in [0.717, 1.165) is 12.1 Å². The Kier molecular flexibility index (Phi) is 7.29.